The molecule has 212 valence electrons. The second-order valence-electron chi connectivity index (χ2n) is 8.44. The molecule has 0 bridgehead atoms. The normalized spacial score (nSPS) is 15.5. The molecule has 1 fully saturated rings. The molecule has 1 unspecified atom stereocenters. The van der Waals surface area contributed by atoms with Crippen molar-refractivity contribution in [3.05, 3.63) is 68.8 Å². The summed E-state index contributed by atoms with van der Waals surface area (Å²) in [7, 11) is 0. The molecule has 2 aromatic heterocycles. The van der Waals surface area contributed by atoms with Crippen LogP contribution in [0.3, 0.4) is 0 Å². The first-order valence-corrected chi connectivity index (χ1v) is 12.9. The lowest BCUT2D eigenvalue weighted by molar-refractivity contribution is -0.141. The lowest BCUT2D eigenvalue weighted by Gasteiger charge is -2.36. The number of rotatable bonds is 8. The Hall–Kier alpha value is -2.81. The first-order valence-electron chi connectivity index (χ1n) is 11.6. The topological polar surface area (TPSA) is 94.2 Å². The summed E-state index contributed by atoms with van der Waals surface area (Å²) in [5.74, 6) is -0.590. The molecule has 1 aromatic carbocycles. The Balaban J connectivity index is 0.000000353. The van der Waals surface area contributed by atoms with Gasteiger partial charge in [0.25, 0.3) is 6.43 Å². The number of likely N-dealkylation sites (tertiary alicyclic amines) is 1. The highest BCUT2D eigenvalue weighted by molar-refractivity contribution is 7.09. The zero-order valence-electron chi connectivity index (χ0n) is 20.3. The van der Waals surface area contributed by atoms with Crippen LogP contribution in [0.25, 0.3) is 0 Å². The third-order valence-corrected chi connectivity index (χ3v) is 7.24. The number of hydrogen-bond acceptors (Lipinski definition) is 8. The van der Waals surface area contributed by atoms with E-state index >= 15 is 0 Å². The molecule has 15 heteroatoms. The lowest BCUT2D eigenvalue weighted by Crippen LogP contribution is -2.41. The Kier molecular flexibility index (Phi) is 11.0. The third kappa shape index (κ3) is 8.34. The van der Waals surface area contributed by atoms with Crippen LogP contribution in [0.4, 0.5) is 26.3 Å². The van der Waals surface area contributed by atoms with E-state index < -0.39 is 24.1 Å². The van der Waals surface area contributed by atoms with Gasteiger partial charge in [-0.3, -0.25) is 9.69 Å². The standard InChI is InChI=1S/C17H20F5N5OS.C7H4ClFO/c18-16(19)14-15(29-9-26-14)11(6-23)27-3-1-10(2-4-27)7-28-13-5-12(17(20,21)22)24-8-25-13;8-6-2-1-3-7(9)5(6)4-10/h5,8-11,16H,1-4,6-7,23H2;1-4H. The van der Waals surface area contributed by atoms with E-state index in [-0.39, 0.29) is 47.3 Å². The molecule has 0 saturated carbocycles. The average molecular weight is 596 g/mol. The minimum absolute atomic E-state index is 0.0795. The maximum absolute atomic E-state index is 13.1. The van der Waals surface area contributed by atoms with Gasteiger partial charge >= 0.3 is 6.18 Å². The number of carbonyl (C=O) groups excluding carboxylic acids is 1. The molecule has 0 spiro atoms. The van der Waals surface area contributed by atoms with Gasteiger partial charge in [-0.25, -0.2) is 28.1 Å². The number of aldehydes is 1. The number of hydrogen-bond donors (Lipinski definition) is 1. The van der Waals surface area contributed by atoms with E-state index in [0.717, 1.165) is 12.4 Å². The maximum atomic E-state index is 13.1. The molecule has 4 rings (SSSR count). The summed E-state index contributed by atoms with van der Waals surface area (Å²) in [5.41, 5.74) is 5.89. The number of nitrogens with two attached hydrogens (primary N) is 1. The number of ether oxygens (including phenoxy) is 1. The number of piperidine rings is 1. The Morgan fingerprint density at radius 1 is 1.21 bits per heavy atom. The number of benzene rings is 1. The van der Waals surface area contributed by atoms with Gasteiger partial charge in [-0.15, -0.1) is 11.3 Å². The quantitative estimate of drug-likeness (QED) is 0.253. The van der Waals surface area contributed by atoms with E-state index in [2.05, 4.69) is 15.0 Å². The summed E-state index contributed by atoms with van der Waals surface area (Å²) in [4.78, 5) is 23.3. The highest BCUT2D eigenvalue weighted by atomic mass is 35.5. The predicted molar refractivity (Wildman–Crippen MR) is 132 cm³/mol. The molecule has 0 amide bonds. The summed E-state index contributed by atoms with van der Waals surface area (Å²) in [6.45, 7) is 1.66. The molecule has 3 heterocycles. The first kappa shape index (κ1) is 30.7. The van der Waals surface area contributed by atoms with Crippen molar-refractivity contribution in [3.8, 4) is 5.88 Å². The Bertz CT molecular complexity index is 1200. The highest BCUT2D eigenvalue weighted by Gasteiger charge is 2.33. The molecule has 3 aromatic rings. The number of halogens is 7. The Labute approximate surface area is 229 Å². The average Bonchev–Trinajstić information content (AvgIpc) is 3.39. The van der Waals surface area contributed by atoms with Crippen molar-refractivity contribution in [3.63, 3.8) is 0 Å². The van der Waals surface area contributed by atoms with Gasteiger partial charge in [-0.1, -0.05) is 17.7 Å². The third-order valence-electron chi connectivity index (χ3n) is 5.96. The van der Waals surface area contributed by atoms with Gasteiger partial charge in [0.05, 0.1) is 33.6 Å². The maximum Gasteiger partial charge on any atom is 0.433 e. The van der Waals surface area contributed by atoms with Gasteiger partial charge in [-0.2, -0.15) is 13.2 Å². The number of carbonyl (C=O) groups is 1. The fourth-order valence-electron chi connectivity index (χ4n) is 3.93. The molecular formula is C24H24ClF6N5O2S. The summed E-state index contributed by atoms with van der Waals surface area (Å²) < 4.78 is 82.3. The summed E-state index contributed by atoms with van der Waals surface area (Å²) >= 11 is 6.63. The van der Waals surface area contributed by atoms with E-state index in [4.69, 9.17) is 22.1 Å². The van der Waals surface area contributed by atoms with Crippen LogP contribution in [0.15, 0.2) is 36.1 Å². The lowest BCUT2D eigenvalue weighted by atomic mass is 9.96. The zero-order chi connectivity index (χ0) is 28.6. The highest BCUT2D eigenvalue weighted by Crippen LogP contribution is 2.35. The van der Waals surface area contributed by atoms with Crippen molar-refractivity contribution in [1.29, 1.82) is 0 Å². The monoisotopic (exact) mass is 595 g/mol. The van der Waals surface area contributed by atoms with Crippen LogP contribution in [0.2, 0.25) is 5.02 Å². The summed E-state index contributed by atoms with van der Waals surface area (Å²) in [6.07, 6.45) is -4.57. The summed E-state index contributed by atoms with van der Waals surface area (Å²) in [5, 5.41) is 0.148. The number of thiazole rings is 1. The molecule has 1 aliphatic heterocycles. The van der Waals surface area contributed by atoms with E-state index in [0.29, 0.717) is 37.1 Å². The number of aromatic nitrogens is 3. The molecule has 1 saturated heterocycles. The van der Waals surface area contributed by atoms with Crippen LogP contribution in [0, 0.1) is 11.7 Å². The smallest absolute Gasteiger partial charge is 0.433 e. The van der Waals surface area contributed by atoms with Gasteiger partial charge < -0.3 is 10.5 Å². The molecule has 7 nitrogen and oxygen atoms in total. The van der Waals surface area contributed by atoms with E-state index in [1.807, 2.05) is 4.90 Å². The van der Waals surface area contributed by atoms with Crippen LogP contribution < -0.4 is 10.5 Å². The largest absolute Gasteiger partial charge is 0.477 e. The van der Waals surface area contributed by atoms with Gasteiger partial charge in [-0.05, 0) is 44.0 Å². The molecule has 0 aliphatic carbocycles. The minimum Gasteiger partial charge on any atom is -0.477 e. The first-order chi connectivity index (χ1) is 18.5. The van der Waals surface area contributed by atoms with Crippen molar-refractivity contribution in [2.24, 2.45) is 11.7 Å². The van der Waals surface area contributed by atoms with Gasteiger partial charge in [0.1, 0.15) is 17.8 Å². The fraction of sp³-hybridized carbons (Fsp3) is 0.417. The summed E-state index contributed by atoms with van der Waals surface area (Å²) in [6, 6.07) is 4.55. The van der Waals surface area contributed by atoms with Crippen LogP contribution >= 0.6 is 22.9 Å². The Morgan fingerprint density at radius 3 is 2.49 bits per heavy atom. The molecule has 39 heavy (non-hydrogen) atoms. The van der Waals surface area contributed by atoms with Crippen molar-refractivity contribution >= 4 is 29.2 Å². The number of nitrogens with zero attached hydrogens (tertiary/aromatic N) is 4. The van der Waals surface area contributed by atoms with Crippen molar-refractivity contribution in [2.45, 2.75) is 31.5 Å². The van der Waals surface area contributed by atoms with Crippen molar-refractivity contribution in [2.75, 3.05) is 26.2 Å². The molecule has 0 radical (unpaired) electrons. The van der Waals surface area contributed by atoms with Crippen LogP contribution in [-0.4, -0.2) is 52.4 Å². The van der Waals surface area contributed by atoms with Gasteiger partial charge in [0.15, 0.2) is 12.0 Å². The van der Waals surface area contributed by atoms with Gasteiger partial charge in [0.2, 0.25) is 5.88 Å². The van der Waals surface area contributed by atoms with Crippen LogP contribution in [0.1, 0.15) is 51.9 Å². The van der Waals surface area contributed by atoms with Gasteiger partial charge in [0, 0.05) is 12.6 Å². The molecule has 1 aliphatic rings. The fourth-order valence-corrected chi connectivity index (χ4v) is 5.08. The second-order valence-corrected chi connectivity index (χ2v) is 9.73. The SMILES string of the molecule is NCC(c1scnc1C(F)F)N1CCC(COc2cc(C(F)(F)F)ncn2)CC1.O=Cc1c(F)cccc1Cl. The van der Waals surface area contributed by atoms with Crippen molar-refractivity contribution in [1.82, 2.24) is 19.9 Å². The van der Waals surface area contributed by atoms with Crippen LogP contribution in [-0.2, 0) is 6.18 Å². The molecule has 2 N–H and O–H groups in total. The molecule has 1 atom stereocenters. The predicted octanol–water partition coefficient (Wildman–Crippen LogP) is 5.97. The Morgan fingerprint density at radius 2 is 1.92 bits per heavy atom. The van der Waals surface area contributed by atoms with E-state index in [1.54, 1.807) is 0 Å². The zero-order valence-corrected chi connectivity index (χ0v) is 21.8. The second kappa shape index (κ2) is 14.0. The number of alkyl halides is 5. The molecular weight excluding hydrogens is 572 g/mol. The minimum atomic E-state index is -4.56. The van der Waals surface area contributed by atoms with Crippen LogP contribution in [0.5, 0.6) is 5.88 Å². The van der Waals surface area contributed by atoms with E-state index in [1.165, 1.54) is 35.0 Å². The van der Waals surface area contributed by atoms with E-state index in [9.17, 15) is 31.1 Å². The van der Waals surface area contributed by atoms with Crippen molar-refractivity contribution < 1.29 is 35.9 Å².